The van der Waals surface area contributed by atoms with E-state index in [1.54, 1.807) is 20.8 Å². The first-order chi connectivity index (χ1) is 11.2. The fourth-order valence-electron chi connectivity index (χ4n) is 2.26. The summed E-state index contributed by atoms with van der Waals surface area (Å²) in [5.41, 5.74) is 12.9. The van der Waals surface area contributed by atoms with Crippen molar-refractivity contribution in [1.29, 1.82) is 0 Å². The summed E-state index contributed by atoms with van der Waals surface area (Å²) in [6, 6.07) is 0. The molecule has 0 saturated heterocycles. The number of H-pyrrole nitrogens is 1. The number of methoxy groups -OCH3 is 1. The number of nitrogens with one attached hydrogen (secondary N) is 1. The Morgan fingerprint density at radius 2 is 1.75 bits per heavy atom. The highest BCUT2D eigenvalue weighted by molar-refractivity contribution is 8.00. The Kier molecular flexibility index (Phi) is 5.07. The average molecular weight is 350 g/mol. The lowest BCUT2D eigenvalue weighted by Gasteiger charge is -2.09. The minimum absolute atomic E-state index is 0.00970. The van der Waals surface area contributed by atoms with Gasteiger partial charge in [0, 0.05) is 5.69 Å². The molecule has 0 aliphatic carbocycles. The molecule has 2 aromatic rings. The zero-order chi connectivity index (χ0) is 18.0. The van der Waals surface area contributed by atoms with E-state index >= 15 is 0 Å². The third kappa shape index (κ3) is 3.48. The number of hydrogen-bond acceptors (Lipinski definition) is 9. The minimum atomic E-state index is -0.520. The van der Waals surface area contributed by atoms with Crippen LogP contribution in [0.2, 0.25) is 0 Å². The molecule has 0 unspecified atom stereocenters. The number of Topliss-reactive ketones (excluding diaryl/α,β-unsaturated/α-hetero) is 1. The fourth-order valence-corrected chi connectivity index (χ4v) is 3.09. The van der Waals surface area contributed by atoms with Crippen molar-refractivity contribution >= 4 is 35.4 Å². The Balaban J connectivity index is 2.26. The van der Waals surface area contributed by atoms with Crippen LogP contribution in [-0.4, -0.2) is 44.0 Å². The van der Waals surface area contributed by atoms with Crippen LogP contribution in [-0.2, 0) is 4.74 Å². The van der Waals surface area contributed by atoms with Crippen molar-refractivity contribution in [2.45, 2.75) is 31.2 Å². The quantitative estimate of drug-likeness (QED) is 0.409. The molecule has 128 valence electrons. The van der Waals surface area contributed by atoms with Crippen molar-refractivity contribution in [3.8, 4) is 0 Å². The van der Waals surface area contributed by atoms with Crippen LogP contribution in [0.1, 0.15) is 39.0 Å². The van der Waals surface area contributed by atoms with Crippen LogP contribution < -0.4 is 11.5 Å². The molecule has 0 aliphatic heterocycles. The number of aromatic nitrogens is 4. The van der Waals surface area contributed by atoms with E-state index in [-0.39, 0.29) is 22.8 Å². The van der Waals surface area contributed by atoms with E-state index < -0.39 is 11.2 Å². The molecule has 9 nitrogen and oxygen atoms in total. The Hall–Kier alpha value is -2.62. The number of carbonyl (C=O) groups excluding carboxylic acids is 2. The highest BCUT2D eigenvalue weighted by Gasteiger charge is 2.26. The van der Waals surface area contributed by atoms with Crippen LogP contribution in [0.4, 0.5) is 11.9 Å². The molecule has 0 amide bonds. The molecule has 0 fully saturated rings. The highest BCUT2D eigenvalue weighted by atomic mass is 32.2. The maximum Gasteiger partial charge on any atom is 0.339 e. The van der Waals surface area contributed by atoms with Gasteiger partial charge in [0.05, 0.1) is 23.6 Å². The van der Waals surface area contributed by atoms with Gasteiger partial charge in [-0.25, -0.2) is 4.79 Å². The fraction of sp³-hybridized carbons (Fsp3) is 0.357. The number of anilines is 2. The SMILES string of the molecule is COC(=O)c1c(C)[nH]c(C(=O)[C@H](C)Sc2nc(N)nc(N)n2)c1C. The van der Waals surface area contributed by atoms with E-state index in [9.17, 15) is 9.59 Å². The first-order valence-corrected chi connectivity index (χ1v) is 7.88. The number of esters is 1. The summed E-state index contributed by atoms with van der Waals surface area (Å²) in [6.07, 6.45) is 0. The Morgan fingerprint density at radius 1 is 1.17 bits per heavy atom. The predicted molar refractivity (Wildman–Crippen MR) is 89.9 cm³/mol. The lowest BCUT2D eigenvalue weighted by Crippen LogP contribution is -2.16. The number of nitrogen functional groups attached to an aromatic ring is 2. The van der Waals surface area contributed by atoms with Crippen LogP contribution in [0.3, 0.4) is 0 Å². The van der Waals surface area contributed by atoms with Crippen LogP contribution in [0.5, 0.6) is 0 Å². The molecular formula is C14H18N6O3S. The van der Waals surface area contributed by atoms with Gasteiger partial charge in [-0.15, -0.1) is 0 Å². The van der Waals surface area contributed by atoms with Crippen molar-refractivity contribution in [2.24, 2.45) is 0 Å². The van der Waals surface area contributed by atoms with Crippen LogP contribution >= 0.6 is 11.8 Å². The number of nitrogens with two attached hydrogens (primary N) is 2. The summed E-state index contributed by atoms with van der Waals surface area (Å²) < 4.78 is 4.74. The van der Waals surface area contributed by atoms with E-state index in [4.69, 9.17) is 16.2 Å². The number of rotatable bonds is 5. The van der Waals surface area contributed by atoms with E-state index in [0.717, 1.165) is 11.8 Å². The van der Waals surface area contributed by atoms with Gasteiger partial charge in [0.1, 0.15) is 0 Å². The molecule has 2 aromatic heterocycles. The van der Waals surface area contributed by atoms with Gasteiger partial charge in [-0.1, -0.05) is 11.8 Å². The van der Waals surface area contributed by atoms with Crippen molar-refractivity contribution in [3.63, 3.8) is 0 Å². The zero-order valence-corrected chi connectivity index (χ0v) is 14.5. The van der Waals surface area contributed by atoms with E-state index in [1.165, 1.54) is 7.11 Å². The monoisotopic (exact) mass is 350 g/mol. The summed E-state index contributed by atoms with van der Waals surface area (Å²) in [5, 5.41) is -0.261. The van der Waals surface area contributed by atoms with Gasteiger partial charge >= 0.3 is 5.97 Å². The molecule has 5 N–H and O–H groups in total. The van der Waals surface area contributed by atoms with Gasteiger partial charge in [-0.3, -0.25) is 4.79 Å². The number of aromatic amines is 1. The van der Waals surface area contributed by atoms with Gasteiger partial charge in [-0.05, 0) is 26.3 Å². The molecular weight excluding hydrogens is 332 g/mol. The van der Waals surface area contributed by atoms with E-state index in [0.29, 0.717) is 22.5 Å². The maximum absolute atomic E-state index is 12.7. The Morgan fingerprint density at radius 3 is 2.29 bits per heavy atom. The molecule has 2 rings (SSSR count). The Labute approximate surface area is 142 Å². The van der Waals surface area contributed by atoms with Gasteiger partial charge < -0.3 is 21.2 Å². The van der Waals surface area contributed by atoms with Crippen molar-refractivity contribution < 1.29 is 14.3 Å². The van der Waals surface area contributed by atoms with Crippen molar-refractivity contribution in [1.82, 2.24) is 19.9 Å². The lowest BCUT2D eigenvalue weighted by atomic mass is 10.1. The van der Waals surface area contributed by atoms with E-state index in [1.807, 2.05) is 0 Å². The second kappa shape index (κ2) is 6.87. The largest absolute Gasteiger partial charge is 0.465 e. The molecule has 0 saturated carbocycles. The molecule has 0 aromatic carbocycles. The summed E-state index contributed by atoms with van der Waals surface area (Å²) in [4.78, 5) is 39.0. The summed E-state index contributed by atoms with van der Waals surface area (Å²) in [6.45, 7) is 5.11. The molecule has 24 heavy (non-hydrogen) atoms. The third-order valence-corrected chi connectivity index (χ3v) is 4.34. The summed E-state index contributed by atoms with van der Waals surface area (Å²) in [5.74, 6) is -0.707. The second-order valence-corrected chi connectivity index (χ2v) is 6.38. The van der Waals surface area contributed by atoms with Crippen LogP contribution in [0, 0.1) is 13.8 Å². The smallest absolute Gasteiger partial charge is 0.339 e. The number of carbonyl (C=O) groups is 2. The molecule has 1 atom stereocenters. The standard InChI is InChI=1S/C14H18N6O3S/c1-5-8(11(22)23-4)6(2)17-9(5)10(21)7(3)24-14-19-12(15)18-13(16)20-14/h7,17H,1-4H3,(H4,15,16,18,19,20)/t7-/m0/s1. The molecule has 0 aliphatic rings. The Bertz CT molecular complexity index is 784. The summed E-state index contributed by atoms with van der Waals surface area (Å²) in [7, 11) is 1.30. The van der Waals surface area contributed by atoms with Gasteiger partial charge in [0.15, 0.2) is 10.9 Å². The average Bonchev–Trinajstić information content (AvgIpc) is 2.79. The predicted octanol–water partition coefficient (Wildman–Crippen LogP) is 1.13. The van der Waals surface area contributed by atoms with E-state index in [2.05, 4.69) is 19.9 Å². The number of nitrogens with zero attached hydrogens (tertiary/aromatic N) is 3. The van der Waals surface area contributed by atoms with Crippen LogP contribution in [0.15, 0.2) is 5.16 Å². The summed E-state index contributed by atoms with van der Waals surface area (Å²) >= 11 is 1.10. The highest BCUT2D eigenvalue weighted by Crippen LogP contribution is 2.26. The third-order valence-electron chi connectivity index (χ3n) is 3.37. The minimum Gasteiger partial charge on any atom is -0.465 e. The van der Waals surface area contributed by atoms with Crippen molar-refractivity contribution in [2.75, 3.05) is 18.6 Å². The first-order valence-electron chi connectivity index (χ1n) is 7.00. The normalized spacial score (nSPS) is 12.0. The second-order valence-electron chi connectivity index (χ2n) is 5.08. The lowest BCUT2D eigenvalue weighted by molar-refractivity contribution is 0.0599. The molecule has 0 radical (unpaired) electrons. The number of thioether (sulfide) groups is 1. The topological polar surface area (TPSA) is 150 Å². The first kappa shape index (κ1) is 17.7. The number of ether oxygens (including phenoxy) is 1. The van der Waals surface area contributed by atoms with Crippen molar-refractivity contribution in [3.05, 3.63) is 22.5 Å². The maximum atomic E-state index is 12.7. The van der Waals surface area contributed by atoms with Gasteiger partial charge in [0.2, 0.25) is 11.9 Å². The number of ketones is 1. The van der Waals surface area contributed by atoms with Crippen LogP contribution in [0.25, 0.3) is 0 Å². The number of aryl methyl sites for hydroxylation is 1. The molecule has 2 heterocycles. The van der Waals surface area contributed by atoms with Gasteiger partial charge in [-0.2, -0.15) is 15.0 Å². The molecule has 10 heteroatoms. The molecule has 0 spiro atoms. The molecule has 0 bridgehead atoms. The zero-order valence-electron chi connectivity index (χ0n) is 13.7. The number of hydrogen-bond donors (Lipinski definition) is 3. The van der Waals surface area contributed by atoms with Gasteiger partial charge in [0.25, 0.3) is 0 Å².